The molecule has 0 aliphatic heterocycles. The number of anilines is 1. The summed E-state index contributed by atoms with van der Waals surface area (Å²) in [6.07, 6.45) is 0. The normalized spacial score (nSPS) is 10.8. The molecule has 0 saturated carbocycles. The molecule has 8 nitrogen and oxygen atoms in total. The lowest BCUT2D eigenvalue weighted by Gasteiger charge is -2.10. The molecule has 1 N–H and O–H groups in total. The number of hydrogen-bond donors (Lipinski definition) is 1. The number of carbonyl (C=O) groups is 1. The second-order valence-corrected chi connectivity index (χ2v) is 6.66. The van der Waals surface area contributed by atoms with Crippen molar-refractivity contribution >= 4 is 28.3 Å². The quantitative estimate of drug-likeness (QED) is 0.418. The second kappa shape index (κ2) is 7.16. The van der Waals surface area contributed by atoms with Gasteiger partial charge in [0.2, 0.25) is 0 Å². The summed E-state index contributed by atoms with van der Waals surface area (Å²) in [5.74, 6) is 0.667. The van der Waals surface area contributed by atoms with E-state index in [0.717, 1.165) is 22.2 Å². The van der Waals surface area contributed by atoms with Gasteiger partial charge in [0.15, 0.2) is 5.82 Å². The van der Waals surface area contributed by atoms with E-state index in [1.54, 1.807) is 10.7 Å². The molecular weight excluding hydrogens is 370 g/mol. The van der Waals surface area contributed by atoms with Gasteiger partial charge in [-0.15, -0.1) is 0 Å². The van der Waals surface area contributed by atoms with Crippen LogP contribution in [-0.2, 0) is 0 Å². The number of nitrogens with one attached hydrogen (secondary N) is 1. The summed E-state index contributed by atoms with van der Waals surface area (Å²) in [7, 11) is 0. The van der Waals surface area contributed by atoms with Gasteiger partial charge in [-0.25, -0.2) is 4.98 Å². The van der Waals surface area contributed by atoms with Gasteiger partial charge in [0.05, 0.1) is 16.1 Å². The lowest BCUT2D eigenvalue weighted by molar-refractivity contribution is -0.384. The molecule has 0 radical (unpaired) electrons. The maximum atomic E-state index is 12.6. The highest BCUT2D eigenvalue weighted by molar-refractivity contribution is 6.04. The molecule has 0 unspecified atom stereocenters. The van der Waals surface area contributed by atoms with Crippen LogP contribution in [0.5, 0.6) is 0 Å². The predicted octanol–water partition coefficient (Wildman–Crippen LogP) is 4.20. The molecule has 1 amide bonds. The van der Waals surface area contributed by atoms with Crippen LogP contribution in [0.25, 0.3) is 16.7 Å². The third-order valence-corrected chi connectivity index (χ3v) is 4.54. The largest absolute Gasteiger partial charge is 0.306 e. The number of carbonyl (C=O) groups excluding carboxylic acids is 1. The number of fused-ring (bicyclic) bond motifs is 1. The number of aromatic nitrogens is 3. The van der Waals surface area contributed by atoms with Crippen LogP contribution in [0, 0.1) is 24.0 Å². The summed E-state index contributed by atoms with van der Waals surface area (Å²) in [5.41, 5.74) is 2.84. The highest BCUT2D eigenvalue weighted by atomic mass is 16.6. The Kier molecular flexibility index (Phi) is 4.52. The molecule has 2 aromatic carbocycles. The van der Waals surface area contributed by atoms with Crippen molar-refractivity contribution in [2.75, 3.05) is 5.32 Å². The highest BCUT2D eigenvalue weighted by Crippen LogP contribution is 2.23. The fraction of sp³-hybridized carbons (Fsp3) is 0.0952. The van der Waals surface area contributed by atoms with Crippen LogP contribution in [-0.4, -0.2) is 25.6 Å². The van der Waals surface area contributed by atoms with Crippen LogP contribution in [0.3, 0.4) is 0 Å². The molecule has 0 atom stereocenters. The number of nitro groups is 1. The molecular formula is C21H17N5O3. The zero-order chi connectivity index (χ0) is 20.5. The van der Waals surface area contributed by atoms with Crippen molar-refractivity contribution in [2.45, 2.75) is 13.8 Å². The zero-order valence-electron chi connectivity index (χ0n) is 15.8. The number of nitro benzene ring substituents is 1. The van der Waals surface area contributed by atoms with Gasteiger partial charge in [-0.3, -0.25) is 14.9 Å². The summed E-state index contributed by atoms with van der Waals surface area (Å²) < 4.78 is 1.58. The summed E-state index contributed by atoms with van der Waals surface area (Å²) in [6, 6.07) is 16.9. The first-order chi connectivity index (χ1) is 13.9. The standard InChI is InChI=1S/C21H17N5O3/c1-13-11-19(22-18-6-4-3-5-17(13)18)25-20(12-14(2)24-25)23-21(27)15-7-9-16(10-8-15)26(28)29/h3-12H,1-2H3,(H,23,27). The van der Waals surface area contributed by atoms with E-state index in [0.29, 0.717) is 17.2 Å². The monoisotopic (exact) mass is 387 g/mol. The van der Waals surface area contributed by atoms with Gasteiger partial charge < -0.3 is 5.32 Å². The van der Waals surface area contributed by atoms with Crippen LogP contribution in [0.15, 0.2) is 60.7 Å². The minimum atomic E-state index is -0.506. The van der Waals surface area contributed by atoms with Crippen LogP contribution in [0.2, 0.25) is 0 Å². The molecule has 0 fully saturated rings. The van der Waals surface area contributed by atoms with Gasteiger partial charge >= 0.3 is 0 Å². The first-order valence-electron chi connectivity index (χ1n) is 8.91. The van der Waals surface area contributed by atoms with E-state index in [1.165, 1.54) is 24.3 Å². The number of hydrogen-bond acceptors (Lipinski definition) is 5. The number of rotatable bonds is 4. The zero-order valence-corrected chi connectivity index (χ0v) is 15.8. The van der Waals surface area contributed by atoms with E-state index in [-0.39, 0.29) is 5.69 Å². The molecule has 0 bridgehead atoms. The maximum Gasteiger partial charge on any atom is 0.269 e. The van der Waals surface area contributed by atoms with Crippen molar-refractivity contribution in [1.82, 2.24) is 14.8 Å². The average Bonchev–Trinajstić information content (AvgIpc) is 3.08. The van der Waals surface area contributed by atoms with Crippen molar-refractivity contribution in [3.8, 4) is 5.82 Å². The topological polar surface area (TPSA) is 103 Å². The molecule has 4 aromatic rings. The number of pyridine rings is 1. The van der Waals surface area contributed by atoms with E-state index >= 15 is 0 Å². The smallest absolute Gasteiger partial charge is 0.269 e. The predicted molar refractivity (Wildman–Crippen MR) is 109 cm³/mol. The molecule has 0 aliphatic carbocycles. The number of nitrogens with zero attached hydrogens (tertiary/aromatic N) is 4. The molecule has 0 spiro atoms. The van der Waals surface area contributed by atoms with Crippen LogP contribution >= 0.6 is 0 Å². The number of non-ortho nitro benzene ring substituents is 1. The Hall–Kier alpha value is -4.07. The second-order valence-electron chi connectivity index (χ2n) is 6.66. The average molecular weight is 387 g/mol. The summed E-state index contributed by atoms with van der Waals surface area (Å²) in [4.78, 5) is 27.6. The van der Waals surface area contributed by atoms with E-state index in [2.05, 4.69) is 15.4 Å². The van der Waals surface area contributed by atoms with E-state index in [1.807, 2.05) is 44.2 Å². The Bertz CT molecular complexity index is 1250. The number of para-hydroxylation sites is 1. The van der Waals surface area contributed by atoms with Gasteiger partial charge in [0.25, 0.3) is 11.6 Å². The first-order valence-corrected chi connectivity index (χ1v) is 8.91. The van der Waals surface area contributed by atoms with Crippen LogP contribution in [0.4, 0.5) is 11.5 Å². The fourth-order valence-electron chi connectivity index (χ4n) is 3.13. The van der Waals surface area contributed by atoms with Gasteiger partial charge in [0, 0.05) is 29.1 Å². The summed E-state index contributed by atoms with van der Waals surface area (Å²) >= 11 is 0. The Morgan fingerprint density at radius 2 is 1.79 bits per heavy atom. The van der Waals surface area contributed by atoms with Gasteiger partial charge in [0.1, 0.15) is 5.82 Å². The number of benzene rings is 2. The molecule has 2 heterocycles. The molecule has 144 valence electrons. The lowest BCUT2D eigenvalue weighted by Crippen LogP contribution is -2.15. The minimum absolute atomic E-state index is 0.0710. The Balaban J connectivity index is 1.68. The third-order valence-electron chi connectivity index (χ3n) is 4.54. The van der Waals surface area contributed by atoms with Gasteiger partial charge in [-0.1, -0.05) is 18.2 Å². The number of aryl methyl sites for hydroxylation is 2. The SMILES string of the molecule is Cc1cc(NC(=O)c2ccc([N+](=O)[O-])cc2)n(-c2cc(C)c3ccccc3n2)n1. The molecule has 29 heavy (non-hydrogen) atoms. The van der Waals surface area contributed by atoms with Crippen molar-refractivity contribution in [1.29, 1.82) is 0 Å². The van der Waals surface area contributed by atoms with Crippen molar-refractivity contribution < 1.29 is 9.72 Å². The lowest BCUT2D eigenvalue weighted by atomic mass is 10.1. The first kappa shape index (κ1) is 18.3. The summed E-state index contributed by atoms with van der Waals surface area (Å²) in [6.45, 7) is 3.82. The third kappa shape index (κ3) is 3.55. The minimum Gasteiger partial charge on any atom is -0.306 e. The van der Waals surface area contributed by atoms with E-state index in [4.69, 9.17) is 0 Å². The fourth-order valence-corrected chi connectivity index (χ4v) is 3.13. The Morgan fingerprint density at radius 3 is 2.52 bits per heavy atom. The molecule has 0 aliphatic rings. The number of amides is 1. The molecule has 2 aromatic heterocycles. The van der Waals surface area contributed by atoms with Crippen LogP contribution < -0.4 is 5.32 Å². The summed E-state index contributed by atoms with van der Waals surface area (Å²) in [5, 5.41) is 19.1. The Morgan fingerprint density at radius 1 is 1.07 bits per heavy atom. The Labute approximate surface area is 166 Å². The van der Waals surface area contributed by atoms with Crippen LogP contribution in [0.1, 0.15) is 21.6 Å². The molecule has 8 heteroatoms. The van der Waals surface area contributed by atoms with Gasteiger partial charge in [-0.2, -0.15) is 9.78 Å². The van der Waals surface area contributed by atoms with Gasteiger partial charge in [-0.05, 0) is 43.7 Å². The highest BCUT2D eigenvalue weighted by Gasteiger charge is 2.15. The van der Waals surface area contributed by atoms with Crippen molar-refractivity contribution in [3.63, 3.8) is 0 Å². The molecule has 4 rings (SSSR count). The van der Waals surface area contributed by atoms with E-state index < -0.39 is 10.8 Å². The molecule has 0 saturated heterocycles. The maximum absolute atomic E-state index is 12.6. The van der Waals surface area contributed by atoms with Crippen molar-refractivity contribution in [3.05, 3.63) is 87.6 Å². The van der Waals surface area contributed by atoms with E-state index in [9.17, 15) is 14.9 Å². The van der Waals surface area contributed by atoms with Crippen molar-refractivity contribution in [2.24, 2.45) is 0 Å².